The van der Waals surface area contributed by atoms with E-state index in [2.05, 4.69) is 9.97 Å². The summed E-state index contributed by atoms with van der Waals surface area (Å²) in [5.74, 6) is 0. The summed E-state index contributed by atoms with van der Waals surface area (Å²) in [6.45, 7) is 0. The smallest absolute Gasteiger partial charge is 0.312 e. The van der Waals surface area contributed by atoms with Gasteiger partial charge in [0.2, 0.25) is 0 Å². The fourth-order valence-corrected chi connectivity index (χ4v) is 1.03. The average molecular weight is 166 g/mol. The van der Waals surface area contributed by atoms with Gasteiger partial charge in [-0.25, -0.2) is 9.97 Å². The molecule has 2 rings (SSSR count). The lowest BCUT2D eigenvalue weighted by Crippen LogP contribution is -2.19. The van der Waals surface area contributed by atoms with Crippen molar-refractivity contribution in [2.75, 3.05) is 0 Å². The quantitative estimate of drug-likeness (QED) is 0.529. The lowest BCUT2D eigenvalue weighted by Gasteiger charge is -1.94. The van der Waals surface area contributed by atoms with Crippen molar-refractivity contribution >= 4 is 11.2 Å². The summed E-state index contributed by atoms with van der Waals surface area (Å²) in [5, 5.41) is 8.96. The molecule has 0 fully saturated rings. The van der Waals surface area contributed by atoms with Gasteiger partial charge < -0.3 is 9.77 Å². The van der Waals surface area contributed by atoms with Gasteiger partial charge in [0.25, 0.3) is 0 Å². The highest BCUT2D eigenvalue weighted by Gasteiger charge is 2.06. The molecule has 0 amide bonds. The van der Waals surface area contributed by atoms with E-state index in [9.17, 15) is 4.79 Å². The van der Waals surface area contributed by atoms with Gasteiger partial charge in [-0.1, -0.05) is 0 Å². The Labute approximate surface area is 66.7 Å². The predicted octanol–water partition coefficient (Wildman–Crippen LogP) is -0.633. The van der Waals surface area contributed by atoms with E-state index in [-0.39, 0.29) is 0 Å². The van der Waals surface area contributed by atoms with Crippen molar-refractivity contribution in [3.05, 3.63) is 23.0 Å². The molecule has 0 radical (unpaired) electrons. The Bertz CT molecular complexity index is 484. The van der Waals surface area contributed by atoms with Crippen molar-refractivity contribution in [3.8, 4) is 0 Å². The minimum Gasteiger partial charge on any atom is -0.424 e. The fourth-order valence-electron chi connectivity index (χ4n) is 1.03. The summed E-state index contributed by atoms with van der Waals surface area (Å²) >= 11 is 0. The van der Waals surface area contributed by atoms with Crippen LogP contribution in [-0.2, 0) is 7.05 Å². The molecule has 0 bridgehead atoms. The molecule has 0 aliphatic carbocycles. The normalized spacial score (nSPS) is 10.8. The SMILES string of the molecule is Cn1cnc2ncn(O)c(=O)c21. The molecule has 2 aromatic heterocycles. The maximum atomic E-state index is 11.2. The molecule has 62 valence electrons. The van der Waals surface area contributed by atoms with Crippen molar-refractivity contribution in [2.24, 2.45) is 7.05 Å². The number of imidazole rings is 1. The highest BCUT2D eigenvalue weighted by Crippen LogP contribution is 2.00. The first kappa shape index (κ1) is 6.84. The Kier molecular flexibility index (Phi) is 1.18. The maximum absolute atomic E-state index is 11.2. The monoisotopic (exact) mass is 166 g/mol. The van der Waals surface area contributed by atoms with Crippen LogP contribution in [0.3, 0.4) is 0 Å². The lowest BCUT2D eigenvalue weighted by molar-refractivity contribution is 0.173. The highest BCUT2D eigenvalue weighted by atomic mass is 16.5. The Morgan fingerprint density at radius 3 is 2.83 bits per heavy atom. The Hall–Kier alpha value is -1.85. The molecule has 0 aliphatic heterocycles. The molecule has 0 aliphatic rings. The predicted molar refractivity (Wildman–Crippen MR) is 40.0 cm³/mol. The third-order valence-corrected chi connectivity index (χ3v) is 1.62. The topological polar surface area (TPSA) is 72.9 Å². The second-order valence-corrected chi connectivity index (χ2v) is 2.42. The van der Waals surface area contributed by atoms with Gasteiger partial charge >= 0.3 is 5.56 Å². The lowest BCUT2D eigenvalue weighted by atomic mass is 10.5. The largest absolute Gasteiger partial charge is 0.424 e. The Morgan fingerprint density at radius 1 is 1.42 bits per heavy atom. The van der Waals surface area contributed by atoms with Crippen molar-refractivity contribution in [1.29, 1.82) is 0 Å². The molecule has 1 N–H and O–H groups in total. The van der Waals surface area contributed by atoms with Crippen LogP contribution in [0.25, 0.3) is 11.2 Å². The van der Waals surface area contributed by atoms with Gasteiger partial charge in [-0.2, -0.15) is 0 Å². The average Bonchev–Trinajstić information content (AvgIpc) is 2.41. The maximum Gasteiger partial charge on any atom is 0.312 e. The Morgan fingerprint density at radius 2 is 2.08 bits per heavy atom. The summed E-state index contributed by atoms with van der Waals surface area (Å²) in [4.78, 5) is 18.8. The number of nitrogens with zero attached hydrogens (tertiary/aromatic N) is 4. The van der Waals surface area contributed by atoms with Gasteiger partial charge in [-0.05, 0) is 0 Å². The first-order valence-corrected chi connectivity index (χ1v) is 3.28. The summed E-state index contributed by atoms with van der Waals surface area (Å²) in [5.41, 5.74) is 0.118. The van der Waals surface area contributed by atoms with E-state index < -0.39 is 5.56 Å². The fraction of sp³-hybridized carbons (Fsp3) is 0.167. The first-order valence-electron chi connectivity index (χ1n) is 3.28. The molecule has 0 saturated heterocycles. The van der Waals surface area contributed by atoms with Crippen molar-refractivity contribution in [3.63, 3.8) is 0 Å². The van der Waals surface area contributed by atoms with Gasteiger partial charge in [-0.15, -0.1) is 4.73 Å². The number of rotatable bonds is 0. The van der Waals surface area contributed by atoms with Gasteiger partial charge in [0.15, 0.2) is 11.2 Å². The van der Waals surface area contributed by atoms with Crippen LogP contribution in [0, 0.1) is 0 Å². The molecule has 2 aromatic rings. The third kappa shape index (κ3) is 0.714. The van der Waals surface area contributed by atoms with Crippen LogP contribution in [0.5, 0.6) is 0 Å². The van der Waals surface area contributed by atoms with E-state index in [1.54, 1.807) is 7.05 Å². The van der Waals surface area contributed by atoms with E-state index in [0.717, 1.165) is 6.33 Å². The van der Waals surface area contributed by atoms with Crippen LogP contribution < -0.4 is 5.56 Å². The molecule has 0 saturated carbocycles. The zero-order chi connectivity index (χ0) is 8.72. The van der Waals surface area contributed by atoms with E-state index in [0.29, 0.717) is 15.9 Å². The van der Waals surface area contributed by atoms with Gasteiger partial charge in [0.1, 0.15) is 6.33 Å². The van der Waals surface area contributed by atoms with Crippen LogP contribution in [0.2, 0.25) is 0 Å². The third-order valence-electron chi connectivity index (χ3n) is 1.62. The van der Waals surface area contributed by atoms with Gasteiger partial charge in [0.05, 0.1) is 6.33 Å². The highest BCUT2D eigenvalue weighted by molar-refractivity contribution is 5.68. The molecular formula is C6H6N4O2. The first-order chi connectivity index (χ1) is 5.70. The number of aromatic nitrogens is 4. The Balaban J connectivity index is 3.06. The molecule has 2 heterocycles. The van der Waals surface area contributed by atoms with E-state index in [4.69, 9.17) is 5.21 Å². The van der Waals surface area contributed by atoms with Crippen molar-refractivity contribution in [1.82, 2.24) is 19.3 Å². The van der Waals surface area contributed by atoms with Crippen LogP contribution in [-0.4, -0.2) is 24.5 Å². The molecule has 0 spiro atoms. The summed E-state index contributed by atoms with van der Waals surface area (Å²) in [7, 11) is 1.67. The number of aryl methyl sites for hydroxylation is 1. The molecule has 0 unspecified atom stereocenters. The molecule has 6 nitrogen and oxygen atoms in total. The standard InChI is InChI=1S/C6H6N4O2/c1-9-2-7-5-4(9)6(11)10(12)3-8-5/h2-3,12H,1H3. The number of hydrogen-bond acceptors (Lipinski definition) is 4. The molecule has 12 heavy (non-hydrogen) atoms. The minimum atomic E-state index is -0.514. The van der Waals surface area contributed by atoms with Gasteiger partial charge in [0, 0.05) is 7.05 Å². The summed E-state index contributed by atoms with van der Waals surface area (Å²) in [6.07, 6.45) is 2.50. The minimum absolute atomic E-state index is 0.292. The summed E-state index contributed by atoms with van der Waals surface area (Å²) in [6, 6.07) is 0. The molecule has 0 aromatic carbocycles. The van der Waals surface area contributed by atoms with E-state index in [1.165, 1.54) is 10.9 Å². The van der Waals surface area contributed by atoms with Crippen molar-refractivity contribution in [2.45, 2.75) is 0 Å². The zero-order valence-corrected chi connectivity index (χ0v) is 6.30. The molecule has 0 atom stereocenters. The van der Waals surface area contributed by atoms with E-state index in [1.807, 2.05) is 0 Å². The zero-order valence-electron chi connectivity index (χ0n) is 6.30. The molecule has 6 heteroatoms. The molecular weight excluding hydrogens is 160 g/mol. The number of hydrogen-bond donors (Lipinski definition) is 1. The van der Waals surface area contributed by atoms with Gasteiger partial charge in [-0.3, -0.25) is 4.79 Å². The van der Waals surface area contributed by atoms with Crippen LogP contribution >= 0.6 is 0 Å². The second-order valence-electron chi connectivity index (χ2n) is 2.42. The van der Waals surface area contributed by atoms with Crippen LogP contribution in [0.15, 0.2) is 17.4 Å². The van der Waals surface area contributed by atoms with Crippen molar-refractivity contribution < 1.29 is 5.21 Å². The summed E-state index contributed by atoms with van der Waals surface area (Å²) < 4.78 is 1.95. The van der Waals surface area contributed by atoms with Crippen LogP contribution in [0.4, 0.5) is 0 Å². The number of fused-ring (bicyclic) bond motifs is 1. The van der Waals surface area contributed by atoms with Crippen LogP contribution in [0.1, 0.15) is 0 Å². The second kappa shape index (κ2) is 2.07. The van der Waals surface area contributed by atoms with E-state index >= 15 is 0 Å².